The Kier molecular flexibility index (Phi) is 4.66. The molecular formula is C12H17BrN2O3. The Morgan fingerprint density at radius 3 is 3.06 bits per heavy atom. The number of nitrogens with one attached hydrogen (secondary N) is 1. The number of hydrogen-bond donors (Lipinski definition) is 1. The van der Waals surface area contributed by atoms with Gasteiger partial charge in [-0.1, -0.05) is 0 Å². The highest BCUT2D eigenvalue weighted by atomic mass is 79.9. The molecule has 0 saturated carbocycles. The van der Waals surface area contributed by atoms with E-state index in [9.17, 15) is 4.79 Å². The number of hydrogen-bond acceptors (Lipinski definition) is 3. The number of halogens is 1. The van der Waals surface area contributed by atoms with Crippen molar-refractivity contribution in [1.82, 2.24) is 10.2 Å². The van der Waals surface area contributed by atoms with Crippen molar-refractivity contribution >= 4 is 22.0 Å². The maximum Gasteiger partial charge on any atom is 0.317 e. The molecule has 0 aromatic carbocycles. The molecule has 1 aliphatic rings. The maximum atomic E-state index is 11.8. The Morgan fingerprint density at radius 2 is 2.44 bits per heavy atom. The van der Waals surface area contributed by atoms with Gasteiger partial charge in [0, 0.05) is 26.1 Å². The summed E-state index contributed by atoms with van der Waals surface area (Å²) in [5.41, 5.74) is 0. The third-order valence-corrected chi connectivity index (χ3v) is 3.36. The first-order valence-corrected chi connectivity index (χ1v) is 6.75. The fraction of sp³-hybridized carbons (Fsp3) is 0.583. The minimum absolute atomic E-state index is 0.0885. The van der Waals surface area contributed by atoms with Gasteiger partial charge >= 0.3 is 6.03 Å². The molecule has 1 aromatic rings. The smallest absolute Gasteiger partial charge is 0.317 e. The topological polar surface area (TPSA) is 54.7 Å². The molecule has 1 saturated heterocycles. The zero-order chi connectivity index (χ0) is 13.0. The van der Waals surface area contributed by atoms with E-state index in [-0.39, 0.29) is 6.03 Å². The van der Waals surface area contributed by atoms with E-state index < -0.39 is 0 Å². The van der Waals surface area contributed by atoms with Crippen molar-refractivity contribution in [3.63, 3.8) is 0 Å². The van der Waals surface area contributed by atoms with Crippen molar-refractivity contribution in [3.05, 3.63) is 22.6 Å². The second-order valence-corrected chi connectivity index (χ2v) is 5.26. The molecule has 1 fully saturated rings. The van der Waals surface area contributed by atoms with Crippen LogP contribution in [0.3, 0.4) is 0 Å². The van der Waals surface area contributed by atoms with Gasteiger partial charge in [0.2, 0.25) is 0 Å². The van der Waals surface area contributed by atoms with Crippen molar-refractivity contribution < 1.29 is 13.9 Å². The van der Waals surface area contributed by atoms with Crippen LogP contribution in [0.2, 0.25) is 0 Å². The molecule has 2 heterocycles. The summed E-state index contributed by atoms with van der Waals surface area (Å²) in [4.78, 5) is 13.4. The van der Waals surface area contributed by atoms with E-state index in [1.807, 2.05) is 12.1 Å². The zero-order valence-electron chi connectivity index (χ0n) is 10.3. The number of carbonyl (C=O) groups excluding carboxylic acids is 1. The lowest BCUT2D eigenvalue weighted by atomic mass is 10.1. The molecule has 18 heavy (non-hydrogen) atoms. The Labute approximate surface area is 115 Å². The van der Waals surface area contributed by atoms with Crippen molar-refractivity contribution in [2.75, 3.05) is 26.8 Å². The summed E-state index contributed by atoms with van der Waals surface area (Å²) in [5, 5.41) is 2.91. The summed E-state index contributed by atoms with van der Waals surface area (Å²) in [6, 6.07) is 3.57. The minimum Gasteiger partial charge on any atom is -0.452 e. The van der Waals surface area contributed by atoms with Crippen LogP contribution in [0.1, 0.15) is 12.2 Å². The van der Waals surface area contributed by atoms with Crippen LogP contribution in [-0.4, -0.2) is 37.7 Å². The predicted molar refractivity (Wildman–Crippen MR) is 70.2 cm³/mol. The van der Waals surface area contributed by atoms with E-state index in [2.05, 4.69) is 21.2 Å². The van der Waals surface area contributed by atoms with Crippen LogP contribution in [-0.2, 0) is 11.3 Å². The first kappa shape index (κ1) is 13.4. The highest BCUT2D eigenvalue weighted by Crippen LogP contribution is 2.15. The normalized spacial score (nSPS) is 18.9. The van der Waals surface area contributed by atoms with Gasteiger partial charge in [-0.05, 0) is 34.5 Å². The zero-order valence-corrected chi connectivity index (χ0v) is 11.9. The fourth-order valence-electron chi connectivity index (χ4n) is 1.85. The lowest BCUT2D eigenvalue weighted by molar-refractivity contribution is 0.181. The summed E-state index contributed by atoms with van der Waals surface area (Å²) in [6.07, 6.45) is 1.02. The van der Waals surface area contributed by atoms with Crippen LogP contribution < -0.4 is 5.32 Å². The van der Waals surface area contributed by atoms with Gasteiger partial charge in [-0.2, -0.15) is 0 Å². The Hall–Kier alpha value is -1.01. The summed E-state index contributed by atoms with van der Waals surface area (Å²) in [6.45, 7) is 2.68. The average Bonchev–Trinajstić information content (AvgIpc) is 2.97. The van der Waals surface area contributed by atoms with Crippen LogP contribution in [0.25, 0.3) is 0 Å². The highest BCUT2D eigenvalue weighted by molar-refractivity contribution is 9.10. The van der Waals surface area contributed by atoms with Crippen molar-refractivity contribution in [1.29, 1.82) is 0 Å². The highest BCUT2D eigenvalue weighted by Gasteiger charge is 2.17. The number of rotatable bonds is 4. The maximum absolute atomic E-state index is 11.8. The predicted octanol–water partition coefficient (Wildman–Crippen LogP) is 2.22. The van der Waals surface area contributed by atoms with Gasteiger partial charge in [-0.25, -0.2) is 4.79 Å². The molecular weight excluding hydrogens is 300 g/mol. The lowest BCUT2D eigenvalue weighted by Gasteiger charge is -2.18. The van der Waals surface area contributed by atoms with Crippen molar-refractivity contribution in [3.8, 4) is 0 Å². The van der Waals surface area contributed by atoms with Gasteiger partial charge < -0.3 is 19.4 Å². The summed E-state index contributed by atoms with van der Waals surface area (Å²) in [5.74, 6) is 1.20. The number of nitrogens with zero attached hydrogens (tertiary/aromatic N) is 1. The van der Waals surface area contributed by atoms with Gasteiger partial charge in [0.05, 0.1) is 13.2 Å². The van der Waals surface area contributed by atoms with Crippen LogP contribution in [0.5, 0.6) is 0 Å². The van der Waals surface area contributed by atoms with Crippen molar-refractivity contribution in [2.45, 2.75) is 13.0 Å². The van der Waals surface area contributed by atoms with E-state index in [0.29, 0.717) is 23.7 Å². The molecule has 0 unspecified atom stereocenters. The second-order valence-electron chi connectivity index (χ2n) is 4.48. The average molecular weight is 317 g/mol. The minimum atomic E-state index is -0.0885. The van der Waals surface area contributed by atoms with E-state index in [0.717, 1.165) is 25.4 Å². The van der Waals surface area contributed by atoms with Gasteiger partial charge in [0.15, 0.2) is 4.67 Å². The Morgan fingerprint density at radius 1 is 1.61 bits per heavy atom. The summed E-state index contributed by atoms with van der Waals surface area (Å²) >= 11 is 3.23. The van der Waals surface area contributed by atoms with Crippen molar-refractivity contribution in [2.24, 2.45) is 5.92 Å². The molecule has 5 nitrogen and oxygen atoms in total. The molecule has 2 rings (SSSR count). The van der Waals surface area contributed by atoms with Crippen LogP contribution in [0.15, 0.2) is 21.2 Å². The lowest BCUT2D eigenvalue weighted by Crippen LogP contribution is -2.39. The molecule has 1 aliphatic heterocycles. The first-order valence-electron chi connectivity index (χ1n) is 5.96. The van der Waals surface area contributed by atoms with Gasteiger partial charge in [0.25, 0.3) is 0 Å². The van der Waals surface area contributed by atoms with E-state index in [4.69, 9.17) is 9.15 Å². The van der Waals surface area contributed by atoms with Crippen LogP contribution in [0.4, 0.5) is 4.79 Å². The third kappa shape index (κ3) is 3.74. The monoisotopic (exact) mass is 316 g/mol. The number of carbonyl (C=O) groups is 1. The number of furan rings is 1. The van der Waals surface area contributed by atoms with Crippen LogP contribution in [0, 0.1) is 5.92 Å². The molecule has 1 N–H and O–H groups in total. The molecule has 100 valence electrons. The van der Waals surface area contributed by atoms with E-state index >= 15 is 0 Å². The van der Waals surface area contributed by atoms with Crippen LogP contribution >= 0.6 is 15.9 Å². The molecule has 0 bridgehead atoms. The van der Waals surface area contributed by atoms with Gasteiger partial charge in [-0.3, -0.25) is 0 Å². The number of ether oxygens (including phenoxy) is 1. The first-order chi connectivity index (χ1) is 8.65. The third-order valence-electron chi connectivity index (χ3n) is 2.93. The summed E-state index contributed by atoms with van der Waals surface area (Å²) in [7, 11) is 1.75. The Balaban J connectivity index is 1.74. The molecule has 0 spiro atoms. The summed E-state index contributed by atoms with van der Waals surface area (Å²) < 4.78 is 11.3. The fourth-order valence-corrected chi connectivity index (χ4v) is 2.19. The Bertz CT molecular complexity index is 402. The standard InChI is InChI=1S/C12H17BrN2O3/c1-15(7-10-2-3-11(13)18-10)12(16)14-6-9-4-5-17-8-9/h2-3,9H,4-8H2,1H3,(H,14,16)/t9-/m1/s1. The quantitative estimate of drug-likeness (QED) is 0.926. The number of urea groups is 1. The van der Waals surface area contributed by atoms with Gasteiger partial charge in [0.1, 0.15) is 5.76 Å². The largest absolute Gasteiger partial charge is 0.452 e. The van der Waals surface area contributed by atoms with Gasteiger partial charge in [-0.15, -0.1) is 0 Å². The van der Waals surface area contributed by atoms with E-state index in [1.165, 1.54) is 0 Å². The molecule has 0 aliphatic carbocycles. The molecule has 2 amide bonds. The number of amides is 2. The molecule has 0 radical (unpaired) electrons. The molecule has 6 heteroatoms. The SMILES string of the molecule is CN(Cc1ccc(Br)o1)C(=O)NC[C@H]1CCOC1. The second kappa shape index (κ2) is 6.24. The molecule has 1 atom stereocenters. The van der Waals surface area contributed by atoms with E-state index in [1.54, 1.807) is 11.9 Å². The molecule has 1 aromatic heterocycles.